The summed E-state index contributed by atoms with van der Waals surface area (Å²) >= 11 is 0. The first-order chi connectivity index (χ1) is 8.14. The summed E-state index contributed by atoms with van der Waals surface area (Å²) in [6.45, 7) is 2.46. The van der Waals surface area contributed by atoms with Crippen molar-refractivity contribution in [1.82, 2.24) is 8.61 Å². The molecule has 6 heteroatoms. The van der Waals surface area contributed by atoms with E-state index < -0.39 is 10.2 Å². The Balaban J connectivity index is 2.02. The molecule has 0 amide bonds. The molecule has 2 aliphatic rings. The number of nitrogens with zero attached hydrogens (tertiary/aromatic N) is 2. The molecule has 2 heterocycles. The molecule has 1 atom stereocenters. The van der Waals surface area contributed by atoms with Gasteiger partial charge in [0.2, 0.25) is 0 Å². The average molecular weight is 262 g/mol. The first-order valence-electron chi connectivity index (χ1n) is 6.42. The second kappa shape index (κ2) is 5.65. The molecule has 2 fully saturated rings. The molecule has 2 aliphatic heterocycles. The van der Waals surface area contributed by atoms with Crippen molar-refractivity contribution in [3.8, 4) is 0 Å². The smallest absolute Gasteiger partial charge is 0.282 e. The lowest BCUT2D eigenvalue weighted by Gasteiger charge is -2.26. The number of rotatable bonds is 3. The van der Waals surface area contributed by atoms with Gasteiger partial charge in [0.1, 0.15) is 0 Å². The lowest BCUT2D eigenvalue weighted by Crippen LogP contribution is -2.43. The van der Waals surface area contributed by atoms with Crippen LogP contribution in [0.2, 0.25) is 0 Å². The van der Waals surface area contributed by atoms with Crippen molar-refractivity contribution >= 4 is 10.2 Å². The normalized spacial score (nSPS) is 29.4. The molecule has 5 nitrogen and oxygen atoms in total. The zero-order chi connectivity index (χ0) is 12.3. The van der Waals surface area contributed by atoms with E-state index in [0.717, 1.165) is 32.1 Å². The standard InChI is InChI=1S/C11H22N2O3S/c1-16-11-6-9-13(10-11)17(14,15)12-7-4-2-3-5-8-12/h11H,2-10H2,1H3. The van der Waals surface area contributed by atoms with Gasteiger partial charge >= 0.3 is 0 Å². The fourth-order valence-electron chi connectivity index (χ4n) is 2.54. The van der Waals surface area contributed by atoms with E-state index in [1.165, 1.54) is 0 Å². The Labute approximate surface area is 104 Å². The topological polar surface area (TPSA) is 49.9 Å². The number of hydrogen-bond donors (Lipinski definition) is 0. The van der Waals surface area contributed by atoms with E-state index in [-0.39, 0.29) is 6.10 Å². The zero-order valence-corrected chi connectivity index (χ0v) is 11.3. The molecule has 1 unspecified atom stereocenters. The molecule has 0 N–H and O–H groups in total. The predicted octanol–water partition coefficient (Wildman–Crippen LogP) is 0.828. The molecule has 0 radical (unpaired) electrons. The Hall–Kier alpha value is -0.170. The van der Waals surface area contributed by atoms with Crippen LogP contribution in [0.15, 0.2) is 0 Å². The molecule has 2 rings (SSSR count). The maximum absolute atomic E-state index is 12.4. The Morgan fingerprint density at radius 2 is 1.65 bits per heavy atom. The second-order valence-electron chi connectivity index (χ2n) is 4.83. The highest BCUT2D eigenvalue weighted by molar-refractivity contribution is 7.86. The molecule has 2 saturated heterocycles. The first kappa shape index (κ1) is 13.3. The van der Waals surface area contributed by atoms with E-state index in [9.17, 15) is 8.42 Å². The van der Waals surface area contributed by atoms with Gasteiger partial charge in [0.05, 0.1) is 6.10 Å². The third-order valence-corrected chi connectivity index (χ3v) is 5.66. The number of hydrogen-bond acceptors (Lipinski definition) is 3. The maximum Gasteiger partial charge on any atom is 0.282 e. The lowest BCUT2D eigenvalue weighted by atomic mass is 10.2. The summed E-state index contributed by atoms with van der Waals surface area (Å²) in [6.07, 6.45) is 5.14. The minimum absolute atomic E-state index is 0.0664. The lowest BCUT2D eigenvalue weighted by molar-refractivity contribution is 0.114. The molecule has 0 spiro atoms. The highest BCUT2D eigenvalue weighted by Crippen LogP contribution is 2.21. The molecule has 0 aromatic heterocycles. The predicted molar refractivity (Wildman–Crippen MR) is 65.9 cm³/mol. The first-order valence-corrected chi connectivity index (χ1v) is 7.82. The van der Waals surface area contributed by atoms with Crippen molar-refractivity contribution in [1.29, 1.82) is 0 Å². The highest BCUT2D eigenvalue weighted by Gasteiger charge is 2.35. The van der Waals surface area contributed by atoms with Gasteiger partial charge in [-0.1, -0.05) is 12.8 Å². The van der Waals surface area contributed by atoms with Gasteiger partial charge in [-0.3, -0.25) is 0 Å². The van der Waals surface area contributed by atoms with E-state index in [2.05, 4.69) is 0 Å². The van der Waals surface area contributed by atoms with Gasteiger partial charge in [-0.2, -0.15) is 17.0 Å². The van der Waals surface area contributed by atoms with E-state index in [1.54, 1.807) is 15.7 Å². The summed E-state index contributed by atoms with van der Waals surface area (Å²) < 4.78 is 33.2. The van der Waals surface area contributed by atoms with Crippen LogP contribution in [0.1, 0.15) is 32.1 Å². The monoisotopic (exact) mass is 262 g/mol. The van der Waals surface area contributed by atoms with E-state index in [0.29, 0.717) is 26.2 Å². The third-order valence-electron chi connectivity index (χ3n) is 3.66. The van der Waals surface area contributed by atoms with Crippen LogP contribution in [0.5, 0.6) is 0 Å². The number of ether oxygens (including phenoxy) is 1. The largest absolute Gasteiger partial charge is 0.380 e. The minimum atomic E-state index is -3.24. The van der Waals surface area contributed by atoms with Crippen molar-refractivity contribution < 1.29 is 13.2 Å². The van der Waals surface area contributed by atoms with Crippen molar-refractivity contribution in [3.05, 3.63) is 0 Å². The SMILES string of the molecule is COC1CCN(S(=O)(=O)N2CCCCCC2)C1. The summed E-state index contributed by atoms with van der Waals surface area (Å²) in [6, 6.07) is 0. The van der Waals surface area contributed by atoms with Crippen molar-refractivity contribution in [2.24, 2.45) is 0 Å². The van der Waals surface area contributed by atoms with Crippen LogP contribution in [0.3, 0.4) is 0 Å². The van der Waals surface area contributed by atoms with Gasteiger partial charge in [0.15, 0.2) is 0 Å². The number of methoxy groups -OCH3 is 1. The van der Waals surface area contributed by atoms with Crippen molar-refractivity contribution in [2.75, 3.05) is 33.3 Å². The van der Waals surface area contributed by atoms with Gasteiger partial charge < -0.3 is 4.74 Å². The molecular formula is C11H22N2O3S. The second-order valence-corrected chi connectivity index (χ2v) is 6.75. The molecule has 0 aromatic rings. The molecule has 100 valence electrons. The Morgan fingerprint density at radius 1 is 1.00 bits per heavy atom. The summed E-state index contributed by atoms with van der Waals surface area (Å²) in [4.78, 5) is 0. The van der Waals surface area contributed by atoms with Gasteiger partial charge in [-0.05, 0) is 19.3 Å². The summed E-state index contributed by atoms with van der Waals surface area (Å²) in [7, 11) is -1.60. The van der Waals surface area contributed by atoms with Crippen molar-refractivity contribution in [2.45, 2.75) is 38.2 Å². The average Bonchev–Trinajstić information content (AvgIpc) is 2.64. The van der Waals surface area contributed by atoms with E-state index in [4.69, 9.17) is 4.74 Å². The highest BCUT2D eigenvalue weighted by atomic mass is 32.2. The van der Waals surface area contributed by atoms with Gasteiger partial charge in [-0.25, -0.2) is 0 Å². The molecule has 0 bridgehead atoms. The molecule has 0 aliphatic carbocycles. The maximum atomic E-state index is 12.4. The van der Waals surface area contributed by atoms with Crippen LogP contribution < -0.4 is 0 Å². The Kier molecular flexibility index (Phi) is 4.41. The quantitative estimate of drug-likeness (QED) is 0.757. The molecule has 17 heavy (non-hydrogen) atoms. The Bertz CT molecular complexity index is 337. The fraction of sp³-hybridized carbons (Fsp3) is 1.00. The molecule has 0 aromatic carbocycles. The summed E-state index contributed by atoms with van der Waals surface area (Å²) in [5.74, 6) is 0. The fourth-order valence-corrected chi connectivity index (χ4v) is 4.27. The third kappa shape index (κ3) is 2.99. The van der Waals surface area contributed by atoms with Crippen molar-refractivity contribution in [3.63, 3.8) is 0 Å². The summed E-state index contributed by atoms with van der Waals surface area (Å²) in [5, 5.41) is 0. The van der Waals surface area contributed by atoms with E-state index in [1.807, 2.05) is 0 Å². The molecular weight excluding hydrogens is 240 g/mol. The molecule has 0 saturated carbocycles. The minimum Gasteiger partial charge on any atom is -0.380 e. The van der Waals surface area contributed by atoms with Gasteiger partial charge in [0.25, 0.3) is 10.2 Å². The van der Waals surface area contributed by atoms with Crippen LogP contribution >= 0.6 is 0 Å². The van der Waals surface area contributed by atoms with Gasteiger partial charge in [0, 0.05) is 33.3 Å². The van der Waals surface area contributed by atoms with Gasteiger partial charge in [-0.15, -0.1) is 0 Å². The van der Waals surface area contributed by atoms with Crippen LogP contribution in [-0.2, 0) is 14.9 Å². The van der Waals surface area contributed by atoms with Crippen LogP contribution in [-0.4, -0.2) is 56.4 Å². The summed E-state index contributed by atoms with van der Waals surface area (Å²) in [5.41, 5.74) is 0. The Morgan fingerprint density at radius 3 is 2.18 bits per heavy atom. The van der Waals surface area contributed by atoms with Crippen LogP contribution in [0.25, 0.3) is 0 Å². The van der Waals surface area contributed by atoms with Crippen LogP contribution in [0, 0.1) is 0 Å². The van der Waals surface area contributed by atoms with Crippen LogP contribution in [0.4, 0.5) is 0 Å². The zero-order valence-electron chi connectivity index (χ0n) is 10.5. The van der Waals surface area contributed by atoms with E-state index >= 15 is 0 Å².